The van der Waals surface area contributed by atoms with Crippen LogP contribution in [0.5, 0.6) is 11.5 Å². The molecule has 0 aliphatic heterocycles. The van der Waals surface area contributed by atoms with Crippen LogP contribution in [0.4, 0.5) is 5.69 Å². The first-order chi connectivity index (χ1) is 11.5. The first-order valence-corrected chi connectivity index (χ1v) is 7.65. The molecule has 0 aromatic heterocycles. The molecule has 0 saturated carbocycles. The zero-order valence-electron chi connectivity index (χ0n) is 14.5. The second kappa shape index (κ2) is 10.2. The molecule has 2 aromatic carbocycles. The van der Waals surface area contributed by atoms with Crippen LogP contribution in [-0.4, -0.2) is 25.2 Å². The summed E-state index contributed by atoms with van der Waals surface area (Å²) in [6, 6.07) is 14.6. The van der Waals surface area contributed by atoms with E-state index in [0.717, 1.165) is 6.54 Å². The van der Waals surface area contributed by atoms with Crippen LogP contribution in [0.2, 0.25) is 0 Å². The Hall–Kier alpha value is -2.60. The molecular formula is C18H24N2O4. The average Bonchev–Trinajstić information content (AvgIpc) is 2.56. The summed E-state index contributed by atoms with van der Waals surface area (Å²) in [6.45, 7) is 4.65. The smallest absolute Gasteiger partial charge is 0.273 e. The summed E-state index contributed by atoms with van der Waals surface area (Å²) in [5.74, 6) is 0.885. The zero-order chi connectivity index (χ0) is 17.9. The number of ether oxygens (including phenoxy) is 2. The van der Waals surface area contributed by atoms with Crippen LogP contribution in [0.3, 0.4) is 0 Å². The Morgan fingerprint density at radius 1 is 1.12 bits per heavy atom. The summed E-state index contributed by atoms with van der Waals surface area (Å²) in [5.41, 5.74) is 1.33. The number of nitrogens with zero attached hydrogens (tertiary/aromatic N) is 1. The highest BCUT2D eigenvalue weighted by Gasteiger charge is 2.13. The first-order valence-electron chi connectivity index (χ1n) is 7.65. The molecule has 6 heteroatoms. The van der Waals surface area contributed by atoms with Gasteiger partial charge in [-0.2, -0.15) is 0 Å². The molecule has 1 N–H and O–H groups in total. The molecular weight excluding hydrogens is 308 g/mol. The number of rotatable bonds is 6. The highest BCUT2D eigenvalue weighted by atomic mass is 16.6. The minimum Gasteiger partial charge on any atom is -0.493 e. The van der Waals surface area contributed by atoms with Gasteiger partial charge in [0.1, 0.15) is 0 Å². The van der Waals surface area contributed by atoms with E-state index in [2.05, 4.69) is 17.4 Å². The van der Waals surface area contributed by atoms with Gasteiger partial charge in [-0.25, -0.2) is 0 Å². The minimum atomic E-state index is -0.466. The molecule has 0 aliphatic rings. The first kappa shape index (κ1) is 19.4. The summed E-state index contributed by atoms with van der Waals surface area (Å²) in [5, 5.41) is 13.6. The average molecular weight is 332 g/mol. The summed E-state index contributed by atoms with van der Waals surface area (Å²) in [7, 11) is 3.45. The van der Waals surface area contributed by atoms with Crippen molar-refractivity contribution in [2.45, 2.75) is 26.5 Å². The molecule has 0 unspecified atom stereocenters. The van der Waals surface area contributed by atoms with Gasteiger partial charge in [0.05, 0.1) is 24.2 Å². The van der Waals surface area contributed by atoms with Crippen molar-refractivity contribution in [2.24, 2.45) is 0 Å². The van der Waals surface area contributed by atoms with Crippen LogP contribution in [0, 0.1) is 10.1 Å². The lowest BCUT2D eigenvalue weighted by Gasteiger charge is -2.12. The van der Waals surface area contributed by atoms with Crippen LogP contribution in [0.25, 0.3) is 0 Å². The van der Waals surface area contributed by atoms with Gasteiger partial charge in [0.25, 0.3) is 5.69 Å². The van der Waals surface area contributed by atoms with Gasteiger partial charge < -0.3 is 14.8 Å². The zero-order valence-corrected chi connectivity index (χ0v) is 14.5. The standard InChI is InChI=1S/C10H13NO4.C8H11N/c1-7(2)15-10-6-8(11(12)13)4-5-9(10)14-3;1-9-7-8-5-3-2-4-6-8/h4-7H,1-3H3;2-6,9H,7H2,1H3. The van der Waals surface area contributed by atoms with Crippen LogP contribution >= 0.6 is 0 Å². The Balaban J connectivity index is 0.000000272. The number of non-ortho nitro benzene ring substituents is 1. The molecule has 0 aliphatic carbocycles. The molecule has 0 saturated heterocycles. The Labute approximate surface area is 142 Å². The molecule has 0 heterocycles. The van der Waals surface area contributed by atoms with Gasteiger partial charge in [-0.1, -0.05) is 30.3 Å². The highest BCUT2D eigenvalue weighted by Crippen LogP contribution is 2.31. The number of benzene rings is 2. The Bertz CT molecular complexity index is 630. The third-order valence-electron chi connectivity index (χ3n) is 2.94. The minimum absolute atomic E-state index is 0.00792. The van der Waals surface area contributed by atoms with Crippen LogP contribution in [0.15, 0.2) is 48.5 Å². The van der Waals surface area contributed by atoms with Crippen molar-refractivity contribution in [2.75, 3.05) is 14.2 Å². The maximum Gasteiger partial charge on any atom is 0.273 e. The van der Waals surface area contributed by atoms with Gasteiger partial charge in [0.15, 0.2) is 11.5 Å². The summed E-state index contributed by atoms with van der Waals surface area (Å²) in [4.78, 5) is 10.1. The van der Waals surface area contributed by atoms with Crippen molar-refractivity contribution in [1.29, 1.82) is 0 Å². The Kier molecular flexibility index (Phi) is 8.29. The molecule has 0 fully saturated rings. The number of nitro benzene ring substituents is 1. The fourth-order valence-corrected chi connectivity index (χ4v) is 1.92. The van der Waals surface area contributed by atoms with Crippen molar-refractivity contribution in [3.05, 3.63) is 64.2 Å². The van der Waals surface area contributed by atoms with E-state index in [4.69, 9.17) is 9.47 Å². The second-order valence-corrected chi connectivity index (χ2v) is 5.27. The van der Waals surface area contributed by atoms with Crippen molar-refractivity contribution in [3.8, 4) is 11.5 Å². The van der Waals surface area contributed by atoms with E-state index in [1.165, 1.54) is 30.9 Å². The van der Waals surface area contributed by atoms with E-state index in [0.29, 0.717) is 11.5 Å². The molecule has 0 radical (unpaired) electrons. The van der Waals surface area contributed by atoms with Crippen LogP contribution < -0.4 is 14.8 Å². The maximum absolute atomic E-state index is 10.5. The van der Waals surface area contributed by atoms with Crippen LogP contribution in [0.1, 0.15) is 19.4 Å². The van der Waals surface area contributed by atoms with Crippen molar-refractivity contribution in [3.63, 3.8) is 0 Å². The van der Waals surface area contributed by atoms with Crippen LogP contribution in [-0.2, 0) is 6.54 Å². The van der Waals surface area contributed by atoms with Crippen molar-refractivity contribution in [1.82, 2.24) is 5.32 Å². The second-order valence-electron chi connectivity index (χ2n) is 5.27. The monoisotopic (exact) mass is 332 g/mol. The molecule has 0 bridgehead atoms. The summed E-state index contributed by atoms with van der Waals surface area (Å²) < 4.78 is 10.4. The SMILES string of the molecule is CNCc1ccccc1.COc1ccc([N+](=O)[O-])cc1OC(C)C. The molecule has 24 heavy (non-hydrogen) atoms. The summed E-state index contributed by atoms with van der Waals surface area (Å²) in [6.07, 6.45) is -0.0547. The topological polar surface area (TPSA) is 73.6 Å². The van der Waals surface area contributed by atoms with Gasteiger partial charge >= 0.3 is 0 Å². The largest absolute Gasteiger partial charge is 0.493 e. The van der Waals surface area contributed by atoms with Gasteiger partial charge in [-0.15, -0.1) is 0 Å². The van der Waals surface area contributed by atoms with Gasteiger partial charge in [-0.3, -0.25) is 10.1 Å². The number of hydrogen-bond acceptors (Lipinski definition) is 5. The van der Waals surface area contributed by atoms with E-state index in [1.54, 1.807) is 0 Å². The number of nitro groups is 1. The van der Waals surface area contributed by atoms with Gasteiger partial charge in [0.2, 0.25) is 0 Å². The normalized spacial score (nSPS) is 9.88. The Morgan fingerprint density at radius 2 is 1.79 bits per heavy atom. The molecule has 0 atom stereocenters. The van der Waals surface area contributed by atoms with E-state index >= 15 is 0 Å². The maximum atomic E-state index is 10.5. The van der Waals surface area contributed by atoms with Crippen molar-refractivity contribution >= 4 is 5.69 Å². The van der Waals surface area contributed by atoms with E-state index in [-0.39, 0.29) is 11.8 Å². The Morgan fingerprint density at radius 3 is 2.29 bits per heavy atom. The lowest BCUT2D eigenvalue weighted by Crippen LogP contribution is -2.07. The molecule has 2 aromatic rings. The predicted molar refractivity (Wildman–Crippen MR) is 94.6 cm³/mol. The number of methoxy groups -OCH3 is 1. The van der Waals surface area contributed by atoms with E-state index in [1.807, 2.05) is 39.1 Å². The van der Waals surface area contributed by atoms with Gasteiger partial charge in [0, 0.05) is 12.6 Å². The van der Waals surface area contributed by atoms with Gasteiger partial charge in [-0.05, 0) is 32.5 Å². The van der Waals surface area contributed by atoms with E-state index in [9.17, 15) is 10.1 Å². The quantitative estimate of drug-likeness (QED) is 0.643. The molecule has 0 amide bonds. The fourth-order valence-electron chi connectivity index (χ4n) is 1.92. The summed E-state index contributed by atoms with van der Waals surface area (Å²) >= 11 is 0. The third-order valence-corrected chi connectivity index (χ3v) is 2.94. The number of nitrogens with one attached hydrogen (secondary N) is 1. The van der Waals surface area contributed by atoms with Crippen molar-refractivity contribution < 1.29 is 14.4 Å². The molecule has 2 rings (SSSR count). The lowest BCUT2D eigenvalue weighted by atomic mass is 10.2. The molecule has 0 spiro atoms. The highest BCUT2D eigenvalue weighted by molar-refractivity contribution is 5.48. The lowest BCUT2D eigenvalue weighted by molar-refractivity contribution is -0.385. The molecule has 130 valence electrons. The number of hydrogen-bond donors (Lipinski definition) is 1. The third kappa shape index (κ3) is 6.66. The molecule has 6 nitrogen and oxygen atoms in total. The fraction of sp³-hybridized carbons (Fsp3) is 0.333. The van der Waals surface area contributed by atoms with E-state index < -0.39 is 4.92 Å². The predicted octanol–water partition coefficient (Wildman–Crippen LogP) is 3.80.